The first kappa shape index (κ1) is 11.8. The number of aromatic nitrogens is 3. The lowest BCUT2D eigenvalue weighted by molar-refractivity contribution is 0.379. The van der Waals surface area contributed by atoms with Crippen LogP contribution in [-0.2, 0) is 0 Å². The van der Waals surface area contributed by atoms with Gasteiger partial charge in [-0.15, -0.1) is 0 Å². The molecule has 1 aromatic rings. The summed E-state index contributed by atoms with van der Waals surface area (Å²) in [6.45, 7) is 6.34. The monoisotopic (exact) mass is 238 g/mol. The fourth-order valence-corrected chi connectivity index (χ4v) is 1.94. The van der Waals surface area contributed by atoms with Crippen molar-refractivity contribution in [2.24, 2.45) is 17.7 Å². The summed E-state index contributed by atoms with van der Waals surface area (Å²) in [5.74, 6) is 7.51. The molecule has 1 aliphatic heterocycles. The van der Waals surface area contributed by atoms with Crippen molar-refractivity contribution < 1.29 is 4.74 Å². The number of ether oxygens (including phenoxy) is 1. The smallest absolute Gasteiger partial charge is 0.322 e. The number of nitrogens with one attached hydrogen (secondary N) is 1. The largest absolute Gasteiger partial charge is 0.467 e. The Morgan fingerprint density at radius 2 is 1.88 bits per heavy atom. The summed E-state index contributed by atoms with van der Waals surface area (Å²) < 4.78 is 5.03. The van der Waals surface area contributed by atoms with Crippen LogP contribution in [0.1, 0.15) is 13.8 Å². The fraction of sp³-hybridized carbons (Fsp3) is 0.700. The molecule has 2 heterocycles. The number of hydrazine groups is 1. The van der Waals surface area contributed by atoms with Gasteiger partial charge in [-0.05, 0) is 11.8 Å². The Morgan fingerprint density at radius 1 is 1.24 bits per heavy atom. The molecular weight excluding hydrogens is 220 g/mol. The predicted octanol–water partition coefficient (Wildman–Crippen LogP) is 0.258. The van der Waals surface area contributed by atoms with E-state index in [1.165, 1.54) is 7.11 Å². The highest BCUT2D eigenvalue weighted by atomic mass is 16.5. The van der Waals surface area contributed by atoms with Crippen LogP contribution in [0.2, 0.25) is 0 Å². The zero-order valence-corrected chi connectivity index (χ0v) is 10.3. The number of methoxy groups -OCH3 is 1. The minimum Gasteiger partial charge on any atom is -0.467 e. The second kappa shape index (κ2) is 4.70. The van der Waals surface area contributed by atoms with Crippen molar-refractivity contribution in [1.82, 2.24) is 15.0 Å². The molecule has 1 fully saturated rings. The van der Waals surface area contributed by atoms with Gasteiger partial charge in [0, 0.05) is 13.1 Å². The highest BCUT2D eigenvalue weighted by Gasteiger charge is 2.28. The molecule has 0 saturated carbocycles. The number of nitrogens with two attached hydrogens (primary N) is 1. The maximum Gasteiger partial charge on any atom is 0.322 e. The van der Waals surface area contributed by atoms with E-state index >= 15 is 0 Å². The number of hydrogen-bond acceptors (Lipinski definition) is 7. The van der Waals surface area contributed by atoms with E-state index in [1.54, 1.807) is 0 Å². The van der Waals surface area contributed by atoms with Crippen molar-refractivity contribution in [2.75, 3.05) is 30.5 Å². The van der Waals surface area contributed by atoms with E-state index in [9.17, 15) is 0 Å². The molecule has 0 aliphatic carbocycles. The summed E-state index contributed by atoms with van der Waals surface area (Å²) >= 11 is 0. The normalized spacial score (nSPS) is 23.9. The van der Waals surface area contributed by atoms with E-state index in [-0.39, 0.29) is 6.01 Å². The van der Waals surface area contributed by atoms with Gasteiger partial charge in [-0.1, -0.05) is 13.8 Å². The van der Waals surface area contributed by atoms with Gasteiger partial charge in [0.05, 0.1) is 7.11 Å². The third-order valence-corrected chi connectivity index (χ3v) is 3.19. The van der Waals surface area contributed by atoms with Crippen LogP contribution in [0.5, 0.6) is 6.01 Å². The Balaban J connectivity index is 2.26. The van der Waals surface area contributed by atoms with Crippen molar-refractivity contribution in [2.45, 2.75) is 13.8 Å². The summed E-state index contributed by atoms with van der Waals surface area (Å²) in [5.41, 5.74) is 2.42. The molecule has 1 saturated heterocycles. The van der Waals surface area contributed by atoms with Crippen LogP contribution in [-0.4, -0.2) is 35.2 Å². The lowest BCUT2D eigenvalue weighted by Gasteiger charge is -2.16. The standard InChI is InChI=1S/C10H18N6O/c1-6-4-16(5-7(6)2)9-12-8(15-11)13-10(14-9)17-3/h6-7H,4-5,11H2,1-3H3,(H,12,13,14,15). The highest BCUT2D eigenvalue weighted by molar-refractivity contribution is 5.39. The topological polar surface area (TPSA) is 89.2 Å². The molecule has 0 radical (unpaired) electrons. The molecule has 2 rings (SSSR count). The van der Waals surface area contributed by atoms with E-state index in [1.807, 2.05) is 0 Å². The van der Waals surface area contributed by atoms with Gasteiger partial charge in [0.1, 0.15) is 0 Å². The van der Waals surface area contributed by atoms with Crippen LogP contribution in [0.3, 0.4) is 0 Å². The first-order valence-corrected chi connectivity index (χ1v) is 5.65. The Kier molecular flexibility index (Phi) is 3.28. The van der Waals surface area contributed by atoms with Gasteiger partial charge in [-0.3, -0.25) is 5.43 Å². The third-order valence-electron chi connectivity index (χ3n) is 3.19. The quantitative estimate of drug-likeness (QED) is 0.576. The average molecular weight is 238 g/mol. The van der Waals surface area contributed by atoms with E-state index in [0.717, 1.165) is 13.1 Å². The highest BCUT2D eigenvalue weighted by Crippen LogP contribution is 2.26. The molecule has 7 heteroatoms. The average Bonchev–Trinajstić information content (AvgIpc) is 2.69. The Bertz CT molecular complexity index is 366. The van der Waals surface area contributed by atoms with E-state index in [0.29, 0.717) is 23.7 Å². The van der Waals surface area contributed by atoms with Crippen LogP contribution in [0.4, 0.5) is 11.9 Å². The second-order valence-corrected chi connectivity index (χ2v) is 4.45. The Hall–Kier alpha value is -1.63. The summed E-state index contributed by atoms with van der Waals surface area (Å²) in [6, 6.07) is 0.273. The van der Waals surface area contributed by atoms with E-state index in [4.69, 9.17) is 10.6 Å². The zero-order chi connectivity index (χ0) is 12.4. The Labute approximate surface area is 100 Å². The molecule has 0 bridgehead atoms. The minimum absolute atomic E-state index is 0.273. The molecule has 1 aromatic heterocycles. The third kappa shape index (κ3) is 2.38. The van der Waals surface area contributed by atoms with Gasteiger partial charge in [0.25, 0.3) is 0 Å². The van der Waals surface area contributed by atoms with Gasteiger partial charge >= 0.3 is 6.01 Å². The maximum atomic E-state index is 5.32. The van der Waals surface area contributed by atoms with Gasteiger partial charge in [0.15, 0.2) is 0 Å². The first-order chi connectivity index (χ1) is 8.13. The molecule has 0 spiro atoms. The van der Waals surface area contributed by atoms with Gasteiger partial charge in [-0.25, -0.2) is 5.84 Å². The lowest BCUT2D eigenvalue weighted by atomic mass is 10.0. The SMILES string of the molecule is COc1nc(NN)nc(N2CC(C)C(C)C2)n1. The minimum atomic E-state index is 0.273. The van der Waals surface area contributed by atoms with Crippen molar-refractivity contribution in [3.63, 3.8) is 0 Å². The molecule has 1 aliphatic rings. The first-order valence-electron chi connectivity index (χ1n) is 5.65. The van der Waals surface area contributed by atoms with Crippen molar-refractivity contribution in [3.8, 4) is 6.01 Å². The molecule has 0 amide bonds. The van der Waals surface area contributed by atoms with E-state index < -0.39 is 0 Å². The maximum absolute atomic E-state index is 5.32. The van der Waals surface area contributed by atoms with Crippen LogP contribution in [0.25, 0.3) is 0 Å². The summed E-state index contributed by atoms with van der Waals surface area (Å²) in [4.78, 5) is 14.6. The van der Waals surface area contributed by atoms with Crippen molar-refractivity contribution in [3.05, 3.63) is 0 Å². The van der Waals surface area contributed by atoms with Gasteiger partial charge in [0.2, 0.25) is 11.9 Å². The zero-order valence-electron chi connectivity index (χ0n) is 10.3. The molecule has 17 heavy (non-hydrogen) atoms. The number of nitrogens with zero attached hydrogens (tertiary/aromatic N) is 4. The lowest BCUT2D eigenvalue weighted by Crippen LogP contribution is -2.24. The molecule has 2 unspecified atom stereocenters. The molecule has 3 N–H and O–H groups in total. The van der Waals surface area contributed by atoms with Crippen LogP contribution >= 0.6 is 0 Å². The number of hydrogen-bond donors (Lipinski definition) is 2. The summed E-state index contributed by atoms with van der Waals surface area (Å²) in [6.07, 6.45) is 0. The molecular formula is C10H18N6O. The number of rotatable bonds is 3. The van der Waals surface area contributed by atoms with Gasteiger partial charge in [-0.2, -0.15) is 15.0 Å². The molecule has 7 nitrogen and oxygen atoms in total. The summed E-state index contributed by atoms with van der Waals surface area (Å²) in [5, 5.41) is 0. The van der Waals surface area contributed by atoms with Crippen molar-refractivity contribution in [1.29, 1.82) is 0 Å². The number of nitrogen functional groups attached to an aromatic ring is 1. The van der Waals surface area contributed by atoms with Crippen LogP contribution in [0, 0.1) is 11.8 Å². The van der Waals surface area contributed by atoms with Crippen LogP contribution < -0.4 is 20.9 Å². The molecule has 94 valence electrons. The molecule has 0 aromatic carbocycles. The second-order valence-electron chi connectivity index (χ2n) is 4.45. The van der Waals surface area contributed by atoms with Crippen molar-refractivity contribution >= 4 is 11.9 Å². The Morgan fingerprint density at radius 3 is 2.41 bits per heavy atom. The van der Waals surface area contributed by atoms with E-state index in [2.05, 4.69) is 39.1 Å². The summed E-state index contributed by atoms with van der Waals surface area (Å²) in [7, 11) is 1.52. The van der Waals surface area contributed by atoms with Crippen LogP contribution in [0.15, 0.2) is 0 Å². The molecule has 2 atom stereocenters. The number of anilines is 2. The predicted molar refractivity (Wildman–Crippen MR) is 64.7 cm³/mol. The van der Waals surface area contributed by atoms with Gasteiger partial charge < -0.3 is 9.64 Å². The fourth-order valence-electron chi connectivity index (χ4n) is 1.94.